The molecule has 0 aliphatic carbocycles. The van der Waals surface area contributed by atoms with Crippen molar-refractivity contribution in [3.05, 3.63) is 59.4 Å². The molecule has 0 unspecified atom stereocenters. The van der Waals surface area contributed by atoms with Gasteiger partial charge in [-0.3, -0.25) is 0 Å². The third-order valence-electron chi connectivity index (χ3n) is 2.49. The first kappa shape index (κ1) is 12.1. The first-order valence-corrected chi connectivity index (χ1v) is 6.15. The predicted octanol–water partition coefficient (Wildman–Crippen LogP) is 3.78. The maximum Gasteiger partial charge on any atom is 0.137 e. The second-order valence-electron chi connectivity index (χ2n) is 3.79. The highest BCUT2D eigenvalue weighted by Crippen LogP contribution is 2.32. The Bertz CT molecular complexity index is 525. The van der Waals surface area contributed by atoms with Gasteiger partial charge >= 0.3 is 0 Å². The van der Waals surface area contributed by atoms with Crippen molar-refractivity contribution in [3.63, 3.8) is 0 Å². The molecule has 0 atom stereocenters. The second kappa shape index (κ2) is 5.34. The van der Waals surface area contributed by atoms with Gasteiger partial charge < -0.3 is 5.11 Å². The van der Waals surface area contributed by atoms with Crippen LogP contribution in [0.25, 0.3) is 0 Å². The summed E-state index contributed by atoms with van der Waals surface area (Å²) in [7, 11) is 0. The molecule has 0 amide bonds. The number of rotatable bonds is 3. The van der Waals surface area contributed by atoms with E-state index in [9.17, 15) is 4.39 Å². The summed E-state index contributed by atoms with van der Waals surface area (Å²) in [6.45, 7) is 1.87. The molecule has 0 aliphatic rings. The molecule has 17 heavy (non-hydrogen) atoms. The fraction of sp³-hybridized carbons (Fsp3) is 0.143. The Morgan fingerprint density at radius 3 is 2.53 bits per heavy atom. The highest BCUT2D eigenvalue weighted by Gasteiger charge is 2.06. The van der Waals surface area contributed by atoms with E-state index in [-0.39, 0.29) is 12.4 Å². The molecule has 0 saturated heterocycles. The second-order valence-corrected chi connectivity index (χ2v) is 4.87. The zero-order valence-electron chi connectivity index (χ0n) is 9.48. The van der Waals surface area contributed by atoms with Crippen LogP contribution in [0, 0.1) is 12.7 Å². The Balaban J connectivity index is 2.28. The summed E-state index contributed by atoms with van der Waals surface area (Å²) >= 11 is 1.40. The minimum atomic E-state index is -0.287. The van der Waals surface area contributed by atoms with Crippen molar-refractivity contribution in [2.45, 2.75) is 23.3 Å². The van der Waals surface area contributed by atoms with Crippen molar-refractivity contribution < 1.29 is 9.50 Å². The monoisotopic (exact) mass is 248 g/mol. The van der Waals surface area contributed by atoms with Crippen LogP contribution in [-0.2, 0) is 6.61 Å². The summed E-state index contributed by atoms with van der Waals surface area (Å²) in [6, 6.07) is 12.7. The fourth-order valence-corrected chi connectivity index (χ4v) is 2.42. The van der Waals surface area contributed by atoms with E-state index >= 15 is 0 Å². The van der Waals surface area contributed by atoms with Gasteiger partial charge in [-0.2, -0.15) is 0 Å². The van der Waals surface area contributed by atoms with Gasteiger partial charge in [0.15, 0.2) is 0 Å². The molecular weight excluding hydrogens is 235 g/mol. The van der Waals surface area contributed by atoms with Gasteiger partial charge in [-0.05, 0) is 36.2 Å². The maximum absolute atomic E-state index is 13.7. The molecule has 0 fully saturated rings. The van der Waals surface area contributed by atoms with Crippen molar-refractivity contribution >= 4 is 11.8 Å². The lowest BCUT2D eigenvalue weighted by Crippen LogP contribution is -1.88. The van der Waals surface area contributed by atoms with Crippen molar-refractivity contribution in [1.29, 1.82) is 0 Å². The molecule has 0 radical (unpaired) electrons. The first-order valence-electron chi connectivity index (χ1n) is 5.33. The van der Waals surface area contributed by atoms with Crippen LogP contribution in [-0.4, -0.2) is 5.11 Å². The van der Waals surface area contributed by atoms with E-state index in [1.807, 2.05) is 31.2 Å². The number of aliphatic hydroxyl groups excluding tert-OH is 1. The molecule has 0 heterocycles. The number of benzene rings is 2. The summed E-state index contributed by atoms with van der Waals surface area (Å²) in [6.07, 6.45) is 0. The van der Waals surface area contributed by atoms with Crippen molar-refractivity contribution in [3.8, 4) is 0 Å². The van der Waals surface area contributed by atoms with Crippen molar-refractivity contribution in [2.75, 3.05) is 0 Å². The summed E-state index contributed by atoms with van der Waals surface area (Å²) < 4.78 is 13.7. The van der Waals surface area contributed by atoms with Gasteiger partial charge in [0, 0.05) is 9.79 Å². The van der Waals surface area contributed by atoms with Gasteiger partial charge in [0.1, 0.15) is 5.82 Å². The smallest absolute Gasteiger partial charge is 0.137 e. The van der Waals surface area contributed by atoms with Crippen LogP contribution in [0.4, 0.5) is 4.39 Å². The van der Waals surface area contributed by atoms with Crippen LogP contribution in [0.5, 0.6) is 0 Å². The van der Waals surface area contributed by atoms with E-state index in [1.54, 1.807) is 12.1 Å². The summed E-state index contributed by atoms with van der Waals surface area (Å²) in [5, 5.41) is 8.91. The van der Waals surface area contributed by atoms with E-state index in [2.05, 4.69) is 0 Å². The largest absolute Gasteiger partial charge is 0.392 e. The third-order valence-corrected chi connectivity index (χ3v) is 3.72. The Morgan fingerprint density at radius 1 is 1.12 bits per heavy atom. The molecule has 88 valence electrons. The molecule has 0 saturated carbocycles. The molecule has 0 spiro atoms. The van der Waals surface area contributed by atoms with Crippen LogP contribution in [0.2, 0.25) is 0 Å². The highest BCUT2D eigenvalue weighted by atomic mass is 32.2. The Hall–Kier alpha value is -1.32. The number of aliphatic hydroxyl groups is 1. The molecule has 2 aromatic carbocycles. The standard InChI is InChI=1S/C14H13FOS/c1-10-4-2-3-5-13(10)17-14-7-6-11(9-16)8-12(14)15/h2-8,16H,9H2,1H3. The minimum Gasteiger partial charge on any atom is -0.392 e. The number of hydrogen-bond donors (Lipinski definition) is 1. The topological polar surface area (TPSA) is 20.2 Å². The van der Waals surface area contributed by atoms with Crippen LogP contribution < -0.4 is 0 Å². The third kappa shape index (κ3) is 2.87. The maximum atomic E-state index is 13.7. The Labute approximate surface area is 104 Å². The summed E-state index contributed by atoms with van der Waals surface area (Å²) in [4.78, 5) is 1.62. The Kier molecular flexibility index (Phi) is 3.82. The van der Waals surface area contributed by atoms with Gasteiger partial charge in [-0.1, -0.05) is 36.0 Å². The molecule has 2 rings (SSSR count). The molecule has 0 bridgehead atoms. The molecule has 1 nitrogen and oxygen atoms in total. The molecule has 2 aromatic rings. The van der Waals surface area contributed by atoms with Gasteiger partial charge in [0.25, 0.3) is 0 Å². The van der Waals surface area contributed by atoms with Gasteiger partial charge in [-0.15, -0.1) is 0 Å². The lowest BCUT2D eigenvalue weighted by molar-refractivity contribution is 0.281. The number of aryl methyl sites for hydroxylation is 1. The van der Waals surface area contributed by atoms with Crippen LogP contribution >= 0.6 is 11.8 Å². The number of hydrogen-bond acceptors (Lipinski definition) is 2. The molecule has 3 heteroatoms. The predicted molar refractivity (Wildman–Crippen MR) is 67.6 cm³/mol. The zero-order chi connectivity index (χ0) is 12.3. The molecule has 0 aromatic heterocycles. The Morgan fingerprint density at radius 2 is 1.88 bits per heavy atom. The van der Waals surface area contributed by atoms with E-state index in [0.29, 0.717) is 10.5 Å². The average molecular weight is 248 g/mol. The summed E-state index contributed by atoms with van der Waals surface area (Å²) in [5.41, 5.74) is 1.72. The van der Waals surface area contributed by atoms with E-state index in [4.69, 9.17) is 5.11 Å². The average Bonchev–Trinajstić information content (AvgIpc) is 2.34. The van der Waals surface area contributed by atoms with Crippen molar-refractivity contribution in [1.82, 2.24) is 0 Å². The molecule has 1 N–H and O–H groups in total. The quantitative estimate of drug-likeness (QED) is 0.892. The summed E-state index contributed by atoms with van der Waals surface area (Å²) in [5.74, 6) is -0.287. The van der Waals surface area contributed by atoms with Crippen LogP contribution in [0.15, 0.2) is 52.3 Å². The van der Waals surface area contributed by atoms with Gasteiger partial charge in [0.2, 0.25) is 0 Å². The normalized spacial score (nSPS) is 10.5. The van der Waals surface area contributed by atoms with Crippen molar-refractivity contribution in [2.24, 2.45) is 0 Å². The van der Waals surface area contributed by atoms with Gasteiger partial charge in [0.05, 0.1) is 6.61 Å². The van der Waals surface area contributed by atoms with Gasteiger partial charge in [-0.25, -0.2) is 4.39 Å². The lowest BCUT2D eigenvalue weighted by atomic mass is 10.2. The fourth-order valence-electron chi connectivity index (χ4n) is 1.51. The van der Waals surface area contributed by atoms with E-state index < -0.39 is 0 Å². The SMILES string of the molecule is Cc1ccccc1Sc1ccc(CO)cc1F. The highest BCUT2D eigenvalue weighted by molar-refractivity contribution is 7.99. The van der Waals surface area contributed by atoms with Crippen LogP contribution in [0.3, 0.4) is 0 Å². The van der Waals surface area contributed by atoms with E-state index in [1.165, 1.54) is 17.8 Å². The molecule has 0 aliphatic heterocycles. The van der Waals surface area contributed by atoms with E-state index in [0.717, 1.165) is 10.5 Å². The first-order chi connectivity index (χ1) is 8.20. The van der Waals surface area contributed by atoms with Crippen LogP contribution in [0.1, 0.15) is 11.1 Å². The minimum absolute atomic E-state index is 0.133. The molecular formula is C14H13FOS. The zero-order valence-corrected chi connectivity index (χ0v) is 10.3. The lowest BCUT2D eigenvalue weighted by Gasteiger charge is -2.07. The number of halogens is 1.